The summed E-state index contributed by atoms with van der Waals surface area (Å²) < 4.78 is 22.9. The average Bonchev–Trinajstić information content (AvgIpc) is 3.16. The molecule has 2 saturated heterocycles. The Balaban J connectivity index is 1.14. The quantitative estimate of drug-likeness (QED) is 0.717. The van der Waals surface area contributed by atoms with Gasteiger partial charge in [0, 0.05) is 24.7 Å². The molecule has 7 heteroatoms. The lowest BCUT2D eigenvalue weighted by atomic mass is 9.96. The fourth-order valence-electron chi connectivity index (χ4n) is 4.80. The van der Waals surface area contributed by atoms with Gasteiger partial charge < -0.3 is 29.2 Å². The third kappa shape index (κ3) is 4.84. The number of piperidine rings is 1. The van der Waals surface area contributed by atoms with Crippen LogP contribution in [0.15, 0.2) is 42.5 Å². The Morgan fingerprint density at radius 1 is 1.16 bits per heavy atom. The number of amides is 1. The third-order valence-electron chi connectivity index (χ3n) is 6.46. The highest BCUT2D eigenvalue weighted by Gasteiger charge is 2.33. The van der Waals surface area contributed by atoms with Crippen LogP contribution in [0, 0.1) is 5.92 Å². The van der Waals surface area contributed by atoms with E-state index in [9.17, 15) is 4.79 Å². The first-order valence-electron chi connectivity index (χ1n) is 11.3. The molecule has 2 aromatic rings. The van der Waals surface area contributed by atoms with Crippen LogP contribution in [-0.4, -0.2) is 62.9 Å². The Kier molecular flexibility index (Phi) is 6.19. The summed E-state index contributed by atoms with van der Waals surface area (Å²) >= 11 is 0. The summed E-state index contributed by atoms with van der Waals surface area (Å²) in [4.78, 5) is 15.3. The zero-order valence-electron chi connectivity index (χ0n) is 18.4. The van der Waals surface area contributed by atoms with E-state index in [0.717, 1.165) is 30.8 Å². The van der Waals surface area contributed by atoms with Gasteiger partial charge in [0.05, 0.1) is 20.3 Å². The average molecular weight is 439 g/mol. The second-order valence-corrected chi connectivity index (χ2v) is 8.90. The van der Waals surface area contributed by atoms with E-state index in [1.54, 1.807) is 19.2 Å². The molecule has 0 aromatic heterocycles. The van der Waals surface area contributed by atoms with Gasteiger partial charge in [0.1, 0.15) is 12.4 Å². The van der Waals surface area contributed by atoms with Crippen LogP contribution in [0.3, 0.4) is 0 Å². The summed E-state index contributed by atoms with van der Waals surface area (Å²) in [5, 5.41) is 3.20. The van der Waals surface area contributed by atoms with Crippen LogP contribution in [0.2, 0.25) is 0 Å². The van der Waals surface area contributed by atoms with Gasteiger partial charge in [0.2, 0.25) is 0 Å². The number of carbonyl (C=O) groups is 1. The van der Waals surface area contributed by atoms with Gasteiger partial charge in [0.25, 0.3) is 5.91 Å². The number of rotatable bonds is 7. The molecule has 0 aliphatic carbocycles. The van der Waals surface area contributed by atoms with Crippen LogP contribution in [0.1, 0.15) is 28.8 Å². The summed E-state index contributed by atoms with van der Waals surface area (Å²) in [5.41, 5.74) is 1.66. The lowest BCUT2D eigenvalue weighted by molar-refractivity contribution is 0.00266. The van der Waals surface area contributed by atoms with Crippen molar-refractivity contribution in [3.63, 3.8) is 0 Å². The zero-order chi connectivity index (χ0) is 21.9. The summed E-state index contributed by atoms with van der Waals surface area (Å²) in [5.74, 6) is 2.74. The van der Waals surface area contributed by atoms with Gasteiger partial charge >= 0.3 is 0 Å². The van der Waals surface area contributed by atoms with Gasteiger partial charge in [-0.3, -0.25) is 4.79 Å². The largest absolute Gasteiger partial charge is 0.497 e. The fraction of sp³-hybridized carbons (Fsp3) is 0.480. The normalized spacial score (nSPS) is 25.9. The van der Waals surface area contributed by atoms with Crippen molar-refractivity contribution in [1.29, 1.82) is 0 Å². The van der Waals surface area contributed by atoms with Crippen LogP contribution in [0.4, 0.5) is 0 Å². The Hall–Kier alpha value is -2.77. The molecule has 0 radical (unpaired) electrons. The van der Waals surface area contributed by atoms with E-state index in [-0.39, 0.29) is 18.1 Å². The predicted octanol–water partition coefficient (Wildman–Crippen LogP) is 2.88. The summed E-state index contributed by atoms with van der Waals surface area (Å²) in [6, 6.07) is 13.4. The van der Waals surface area contributed by atoms with Crippen LogP contribution in [0.5, 0.6) is 17.2 Å². The number of fused-ring (bicyclic) bond motifs is 3. The lowest BCUT2D eigenvalue weighted by Crippen LogP contribution is -2.47. The first-order chi connectivity index (χ1) is 15.7. The Morgan fingerprint density at radius 2 is 2.03 bits per heavy atom. The second-order valence-electron chi connectivity index (χ2n) is 8.90. The monoisotopic (exact) mass is 438 g/mol. The van der Waals surface area contributed by atoms with Crippen LogP contribution in [-0.2, 0) is 11.3 Å². The number of hydrogen-bond donors (Lipinski definition) is 1. The van der Waals surface area contributed by atoms with Crippen molar-refractivity contribution in [2.75, 3.05) is 40.0 Å². The van der Waals surface area contributed by atoms with Gasteiger partial charge in [-0.25, -0.2) is 0 Å². The predicted molar refractivity (Wildman–Crippen MR) is 119 cm³/mol. The smallest absolute Gasteiger partial charge is 0.251 e. The van der Waals surface area contributed by atoms with Gasteiger partial charge in [-0.1, -0.05) is 12.1 Å². The molecule has 2 aromatic carbocycles. The van der Waals surface area contributed by atoms with Gasteiger partial charge in [-0.2, -0.15) is 0 Å². The highest BCUT2D eigenvalue weighted by atomic mass is 16.6. The molecule has 4 atom stereocenters. The maximum Gasteiger partial charge on any atom is 0.251 e. The van der Waals surface area contributed by atoms with Crippen molar-refractivity contribution in [3.05, 3.63) is 53.6 Å². The van der Waals surface area contributed by atoms with E-state index in [4.69, 9.17) is 18.9 Å². The molecule has 3 aliphatic heterocycles. The van der Waals surface area contributed by atoms with Crippen molar-refractivity contribution in [2.45, 2.75) is 31.6 Å². The third-order valence-corrected chi connectivity index (χ3v) is 6.46. The fourth-order valence-corrected chi connectivity index (χ4v) is 4.80. The minimum absolute atomic E-state index is 0.0539. The van der Waals surface area contributed by atoms with Gasteiger partial charge in [-0.15, -0.1) is 0 Å². The van der Waals surface area contributed by atoms with Crippen molar-refractivity contribution in [1.82, 2.24) is 10.2 Å². The number of carbonyl (C=O) groups excluding carboxylic acids is 1. The number of benzene rings is 2. The Labute approximate surface area is 188 Å². The van der Waals surface area contributed by atoms with E-state index in [1.165, 1.54) is 13.0 Å². The molecule has 1 amide bonds. The van der Waals surface area contributed by atoms with Crippen molar-refractivity contribution in [2.24, 2.45) is 5.92 Å². The first kappa shape index (κ1) is 21.1. The van der Waals surface area contributed by atoms with Crippen LogP contribution < -0.4 is 19.5 Å². The number of methoxy groups -OCH3 is 1. The van der Waals surface area contributed by atoms with E-state index in [1.807, 2.05) is 30.3 Å². The number of nitrogens with zero attached hydrogens (tertiary/aromatic N) is 1. The van der Waals surface area contributed by atoms with Gasteiger partial charge in [-0.05, 0) is 61.2 Å². The zero-order valence-corrected chi connectivity index (χ0v) is 18.4. The molecule has 1 N–H and O–H groups in total. The molecule has 0 spiro atoms. The first-order valence-corrected chi connectivity index (χ1v) is 11.3. The molecule has 2 fully saturated rings. The number of ether oxygens (including phenoxy) is 4. The van der Waals surface area contributed by atoms with E-state index in [0.29, 0.717) is 42.8 Å². The number of nitrogens with one attached hydrogen (secondary N) is 1. The highest BCUT2D eigenvalue weighted by molar-refractivity contribution is 5.95. The van der Waals surface area contributed by atoms with Crippen molar-refractivity contribution < 1.29 is 23.7 Å². The summed E-state index contributed by atoms with van der Waals surface area (Å²) in [6.07, 6.45) is 2.10. The SMILES string of the molecule is COc1ccc(COC[C@H]2COc3ccc(C(=O)N[C@@H]4C[C@H]5CCN(C5)C4)cc3O2)cc1. The van der Waals surface area contributed by atoms with Crippen LogP contribution in [0.25, 0.3) is 0 Å². The van der Waals surface area contributed by atoms with Gasteiger partial charge in [0.15, 0.2) is 17.6 Å². The molecule has 1 unspecified atom stereocenters. The molecular formula is C25H30N2O5. The standard InChI is InChI=1S/C25H30N2O5/c1-29-21-5-2-17(3-6-21)14-30-15-22-16-31-23-7-4-19(11-24(23)32-22)25(28)26-20-10-18-8-9-27(12-18)13-20/h2-7,11,18,20,22H,8-10,12-16H2,1H3,(H,26,28)/t18-,20-,22+/m1/s1. The molecule has 3 heterocycles. The van der Waals surface area contributed by atoms with E-state index >= 15 is 0 Å². The maximum absolute atomic E-state index is 12.8. The molecule has 3 aliphatic rings. The lowest BCUT2D eigenvalue weighted by Gasteiger charge is -2.30. The van der Waals surface area contributed by atoms with Crippen molar-refractivity contribution in [3.8, 4) is 17.2 Å². The van der Waals surface area contributed by atoms with Crippen molar-refractivity contribution >= 4 is 5.91 Å². The minimum atomic E-state index is -0.221. The summed E-state index contributed by atoms with van der Waals surface area (Å²) in [7, 11) is 1.65. The number of hydrogen-bond acceptors (Lipinski definition) is 6. The molecule has 2 bridgehead atoms. The Morgan fingerprint density at radius 3 is 2.84 bits per heavy atom. The Bertz CT molecular complexity index is 936. The molecule has 7 nitrogen and oxygen atoms in total. The molecule has 5 rings (SSSR count). The maximum atomic E-state index is 12.8. The molecule has 32 heavy (non-hydrogen) atoms. The highest BCUT2D eigenvalue weighted by Crippen LogP contribution is 2.33. The summed E-state index contributed by atoms with van der Waals surface area (Å²) in [6.45, 7) is 4.59. The minimum Gasteiger partial charge on any atom is -0.497 e. The second kappa shape index (κ2) is 9.38. The molecule has 0 saturated carbocycles. The molecular weight excluding hydrogens is 408 g/mol. The molecule has 170 valence electrons. The van der Waals surface area contributed by atoms with Crippen LogP contribution >= 0.6 is 0 Å². The van der Waals surface area contributed by atoms with E-state index in [2.05, 4.69) is 10.2 Å². The van der Waals surface area contributed by atoms with E-state index < -0.39 is 0 Å². The topological polar surface area (TPSA) is 69.3 Å².